The molecular weight excluding hydrogens is 804 g/mol. The van der Waals surface area contributed by atoms with Gasteiger partial charge in [0.2, 0.25) is 5.91 Å². The first-order valence-electron chi connectivity index (χ1n) is 25.8. The van der Waals surface area contributed by atoms with Crippen molar-refractivity contribution in [3.05, 3.63) is 72.9 Å². The molecule has 2 N–H and O–H groups in total. The Hall–Kier alpha value is -2.06. The molecule has 0 aromatic heterocycles. The van der Waals surface area contributed by atoms with E-state index in [1.165, 1.54) is 128 Å². The third-order valence-corrected chi connectivity index (χ3v) is 12.1. The number of unbranched alkanes of at least 4 members (excludes halogenated alkanes) is 23. The van der Waals surface area contributed by atoms with Gasteiger partial charge in [0.05, 0.1) is 39.9 Å². The van der Waals surface area contributed by atoms with Crippen LogP contribution in [0.2, 0.25) is 0 Å². The van der Waals surface area contributed by atoms with E-state index >= 15 is 0 Å². The maximum absolute atomic E-state index is 12.9. The van der Waals surface area contributed by atoms with E-state index in [-0.39, 0.29) is 18.9 Å². The Labute approximate surface area is 389 Å². The van der Waals surface area contributed by atoms with E-state index in [9.17, 15) is 19.4 Å². The largest absolute Gasteiger partial charge is 0.756 e. The minimum Gasteiger partial charge on any atom is -0.756 e. The summed E-state index contributed by atoms with van der Waals surface area (Å²) in [4.78, 5) is 25.4. The lowest BCUT2D eigenvalue weighted by molar-refractivity contribution is -0.870. The molecule has 3 unspecified atom stereocenters. The molecule has 0 aromatic rings. The Morgan fingerprint density at radius 2 is 0.968 bits per heavy atom. The summed E-state index contributed by atoms with van der Waals surface area (Å²) in [7, 11) is 1.22. The van der Waals surface area contributed by atoms with Crippen LogP contribution in [-0.2, 0) is 18.4 Å². The first-order valence-corrected chi connectivity index (χ1v) is 27.3. The molecule has 0 spiro atoms. The van der Waals surface area contributed by atoms with E-state index in [2.05, 4.69) is 79.9 Å². The van der Waals surface area contributed by atoms with Crippen LogP contribution in [-0.4, -0.2) is 68.5 Å². The number of carbonyl (C=O) groups is 1. The molecular formula is C54H99N2O6P. The highest BCUT2D eigenvalue weighted by Gasteiger charge is 2.23. The molecule has 0 saturated carbocycles. The highest BCUT2D eigenvalue weighted by molar-refractivity contribution is 7.45. The number of allylic oxidation sites excluding steroid dienone is 11. The zero-order valence-electron chi connectivity index (χ0n) is 41.5. The molecule has 366 valence electrons. The Bertz CT molecular complexity index is 1250. The predicted octanol–water partition coefficient (Wildman–Crippen LogP) is 14.5. The average molecular weight is 903 g/mol. The first kappa shape index (κ1) is 60.9. The third kappa shape index (κ3) is 47.7. The summed E-state index contributed by atoms with van der Waals surface area (Å²) in [6.45, 7) is 4.49. The standard InChI is InChI=1S/C54H99N2O6P/c1-6-8-10-12-14-16-18-20-22-24-25-26-27-28-29-30-32-33-35-37-39-41-43-45-47-53(57)52(51-62-63(59,60)61-50-49-56(3,4)5)55-54(58)48-46-44-42-40-38-36-34-31-23-21-19-17-15-13-11-9-7-2/h9,11,15,17,21,23,34,36,40,42,45,47,52-53,57H,6-8,10,12-14,16,18-20,22,24-33,35,37-39,41,43-44,46,48-51H2,1-5H3,(H-,55,58,59,60)/b11-9-,17-15-,23-21-,36-34-,42-40-,47-45+. The van der Waals surface area contributed by atoms with Crippen LogP contribution in [0.3, 0.4) is 0 Å². The topological polar surface area (TPSA) is 108 Å². The van der Waals surface area contributed by atoms with Gasteiger partial charge in [0.15, 0.2) is 0 Å². The van der Waals surface area contributed by atoms with E-state index in [0.29, 0.717) is 17.4 Å². The molecule has 0 rings (SSSR count). The van der Waals surface area contributed by atoms with Crippen LogP contribution in [0.4, 0.5) is 0 Å². The molecule has 0 aliphatic heterocycles. The van der Waals surface area contributed by atoms with E-state index < -0.39 is 26.6 Å². The number of aliphatic hydroxyl groups is 1. The molecule has 8 nitrogen and oxygen atoms in total. The first-order chi connectivity index (χ1) is 30.5. The van der Waals surface area contributed by atoms with E-state index in [1.54, 1.807) is 6.08 Å². The molecule has 0 aliphatic carbocycles. The van der Waals surface area contributed by atoms with Gasteiger partial charge in [-0.05, 0) is 57.8 Å². The number of hydrogen-bond donors (Lipinski definition) is 2. The van der Waals surface area contributed by atoms with Gasteiger partial charge < -0.3 is 28.8 Å². The Kier molecular flexibility index (Phi) is 43.6. The summed E-state index contributed by atoms with van der Waals surface area (Å²) in [6.07, 6.45) is 61.2. The van der Waals surface area contributed by atoms with Crippen LogP contribution in [0, 0.1) is 0 Å². The molecule has 3 atom stereocenters. The Balaban J connectivity index is 4.36. The van der Waals surface area contributed by atoms with Crippen molar-refractivity contribution in [2.45, 2.75) is 225 Å². The van der Waals surface area contributed by atoms with Crippen molar-refractivity contribution >= 4 is 13.7 Å². The summed E-state index contributed by atoms with van der Waals surface area (Å²) in [5.74, 6) is -0.255. The number of nitrogens with one attached hydrogen (secondary N) is 1. The number of phosphoric ester groups is 1. The van der Waals surface area contributed by atoms with Crippen LogP contribution in [0.15, 0.2) is 72.9 Å². The number of nitrogens with zero attached hydrogens (tertiary/aromatic N) is 1. The lowest BCUT2D eigenvalue weighted by Crippen LogP contribution is -2.45. The summed E-state index contributed by atoms with van der Waals surface area (Å²) in [5.41, 5.74) is 0. The van der Waals surface area contributed by atoms with Crippen LogP contribution in [0.25, 0.3) is 0 Å². The molecule has 0 radical (unpaired) electrons. The predicted molar refractivity (Wildman–Crippen MR) is 270 cm³/mol. The van der Waals surface area contributed by atoms with Crippen molar-refractivity contribution in [2.75, 3.05) is 40.9 Å². The smallest absolute Gasteiger partial charge is 0.268 e. The maximum Gasteiger partial charge on any atom is 0.268 e. The molecule has 0 heterocycles. The van der Waals surface area contributed by atoms with Crippen molar-refractivity contribution in [1.29, 1.82) is 0 Å². The Morgan fingerprint density at radius 1 is 0.571 bits per heavy atom. The molecule has 0 bridgehead atoms. The van der Waals surface area contributed by atoms with Gasteiger partial charge in [-0.3, -0.25) is 9.36 Å². The second-order valence-corrected chi connectivity index (χ2v) is 19.9. The van der Waals surface area contributed by atoms with Gasteiger partial charge >= 0.3 is 0 Å². The van der Waals surface area contributed by atoms with Crippen molar-refractivity contribution in [1.82, 2.24) is 5.32 Å². The third-order valence-electron chi connectivity index (χ3n) is 11.2. The zero-order chi connectivity index (χ0) is 46.4. The highest BCUT2D eigenvalue weighted by Crippen LogP contribution is 2.38. The number of quaternary nitrogens is 1. The number of amides is 1. The fourth-order valence-corrected chi connectivity index (χ4v) is 7.85. The average Bonchev–Trinajstić information content (AvgIpc) is 3.24. The lowest BCUT2D eigenvalue weighted by Gasteiger charge is -2.29. The Morgan fingerprint density at radius 3 is 1.40 bits per heavy atom. The monoisotopic (exact) mass is 903 g/mol. The minimum absolute atomic E-state index is 0.0148. The van der Waals surface area contributed by atoms with Gasteiger partial charge in [-0.15, -0.1) is 0 Å². The second kappa shape index (κ2) is 45.1. The molecule has 0 saturated heterocycles. The number of rotatable bonds is 46. The fourth-order valence-electron chi connectivity index (χ4n) is 7.13. The van der Waals surface area contributed by atoms with Gasteiger partial charge in [-0.25, -0.2) is 0 Å². The number of carbonyl (C=O) groups excluding carboxylic acids is 1. The lowest BCUT2D eigenvalue weighted by atomic mass is 10.0. The van der Waals surface area contributed by atoms with Crippen LogP contribution in [0.5, 0.6) is 0 Å². The molecule has 63 heavy (non-hydrogen) atoms. The van der Waals surface area contributed by atoms with Gasteiger partial charge in [0, 0.05) is 6.42 Å². The molecule has 0 fully saturated rings. The van der Waals surface area contributed by atoms with Crippen LogP contribution in [0.1, 0.15) is 213 Å². The molecule has 0 aromatic carbocycles. The van der Waals surface area contributed by atoms with Crippen LogP contribution < -0.4 is 10.2 Å². The number of phosphoric acid groups is 1. The van der Waals surface area contributed by atoms with Gasteiger partial charge in [-0.2, -0.15) is 0 Å². The van der Waals surface area contributed by atoms with E-state index in [0.717, 1.165) is 57.8 Å². The summed E-state index contributed by atoms with van der Waals surface area (Å²) in [6, 6.07) is -0.920. The number of likely N-dealkylation sites (N-methyl/N-ethyl adjacent to an activating group) is 1. The van der Waals surface area contributed by atoms with Crippen LogP contribution >= 0.6 is 7.82 Å². The normalized spacial score (nSPS) is 14.7. The summed E-state index contributed by atoms with van der Waals surface area (Å²) in [5, 5.41) is 13.8. The SMILES string of the molecule is CC/C=C\C/C=C\C/C=C\C/C=C\C/C=C\CCCC(=O)NC(COP(=O)([O-])OCC[N+](C)(C)C)C(O)/C=C/CCCCCCCCCCCCCCCCCCCCCCCC. The van der Waals surface area contributed by atoms with E-state index in [1.807, 2.05) is 27.2 Å². The number of aliphatic hydroxyl groups excluding tert-OH is 1. The van der Waals surface area contributed by atoms with Gasteiger partial charge in [0.25, 0.3) is 7.82 Å². The summed E-state index contributed by atoms with van der Waals surface area (Å²) >= 11 is 0. The molecule has 1 amide bonds. The molecule has 0 aliphatic rings. The molecule has 9 heteroatoms. The van der Waals surface area contributed by atoms with Gasteiger partial charge in [-0.1, -0.05) is 222 Å². The van der Waals surface area contributed by atoms with Gasteiger partial charge in [0.1, 0.15) is 13.2 Å². The maximum atomic E-state index is 12.9. The second-order valence-electron chi connectivity index (χ2n) is 18.5. The summed E-state index contributed by atoms with van der Waals surface area (Å²) < 4.78 is 23.2. The quantitative estimate of drug-likeness (QED) is 0.0273. The number of hydrogen-bond acceptors (Lipinski definition) is 6. The van der Waals surface area contributed by atoms with Crippen molar-refractivity contribution in [3.63, 3.8) is 0 Å². The minimum atomic E-state index is -4.61. The van der Waals surface area contributed by atoms with Crippen molar-refractivity contribution < 1.29 is 32.9 Å². The highest BCUT2D eigenvalue weighted by atomic mass is 31.2. The van der Waals surface area contributed by atoms with E-state index in [4.69, 9.17) is 9.05 Å². The van der Waals surface area contributed by atoms with Crippen molar-refractivity contribution in [3.8, 4) is 0 Å². The zero-order valence-corrected chi connectivity index (χ0v) is 42.4. The van der Waals surface area contributed by atoms with Crippen molar-refractivity contribution in [2.24, 2.45) is 0 Å². The fraction of sp³-hybridized carbons (Fsp3) is 0.759.